The quantitative estimate of drug-likeness (QED) is 0.692. The van der Waals surface area contributed by atoms with Gasteiger partial charge in [0.05, 0.1) is 5.02 Å². The second-order valence-electron chi connectivity index (χ2n) is 2.76. The third-order valence-electron chi connectivity index (χ3n) is 1.93. The van der Waals surface area contributed by atoms with E-state index in [0.29, 0.717) is 10.3 Å². The summed E-state index contributed by atoms with van der Waals surface area (Å²) in [6, 6.07) is 3.36. The molecule has 1 heterocycles. The molecule has 0 nitrogen and oxygen atoms in total. The van der Waals surface area contributed by atoms with E-state index in [0.717, 1.165) is 4.70 Å². The Labute approximate surface area is 93.9 Å². The Balaban J connectivity index is 2.86. The largest absolute Gasteiger partial charge is 0.265 e. The fraction of sp³-hybridized carbons (Fsp3) is 0.111. The van der Waals surface area contributed by atoms with Crippen LogP contribution in [0, 0.1) is 0 Å². The van der Waals surface area contributed by atoms with E-state index in [1.807, 2.05) is 0 Å². The molecule has 0 unspecified atom stereocenters. The number of thiol groups is 1. The molecule has 14 heavy (non-hydrogen) atoms. The van der Waals surface area contributed by atoms with Gasteiger partial charge in [0.1, 0.15) is 0 Å². The molecule has 0 fully saturated rings. The number of alkyl halides is 2. The predicted molar refractivity (Wildman–Crippen MR) is 59.0 cm³/mol. The van der Waals surface area contributed by atoms with Crippen LogP contribution in [0.4, 0.5) is 8.78 Å². The molecule has 0 spiro atoms. The molecule has 2 rings (SSSR count). The average molecular weight is 251 g/mol. The van der Waals surface area contributed by atoms with Crippen molar-refractivity contribution in [2.75, 3.05) is 0 Å². The monoisotopic (exact) mass is 250 g/mol. The maximum atomic E-state index is 12.7. The van der Waals surface area contributed by atoms with Crippen molar-refractivity contribution in [3.8, 4) is 0 Å². The van der Waals surface area contributed by atoms with Crippen LogP contribution >= 0.6 is 35.6 Å². The zero-order chi connectivity index (χ0) is 10.3. The highest BCUT2D eigenvalue weighted by molar-refractivity contribution is 7.80. The van der Waals surface area contributed by atoms with Gasteiger partial charge in [0.15, 0.2) is 0 Å². The van der Waals surface area contributed by atoms with Gasteiger partial charge in [-0.1, -0.05) is 11.6 Å². The normalized spacial score (nSPS) is 11.5. The van der Waals surface area contributed by atoms with E-state index in [9.17, 15) is 8.78 Å². The van der Waals surface area contributed by atoms with Crippen LogP contribution in [-0.4, -0.2) is 0 Å². The Morgan fingerprint density at radius 1 is 1.43 bits per heavy atom. The molecule has 0 amide bonds. The summed E-state index contributed by atoms with van der Waals surface area (Å²) in [4.78, 5) is 0.400. The molecule has 1 aromatic carbocycles. The molecular formula is C9H5ClF2S2. The highest BCUT2D eigenvalue weighted by Crippen LogP contribution is 2.39. The molecule has 74 valence electrons. The van der Waals surface area contributed by atoms with Crippen molar-refractivity contribution in [2.24, 2.45) is 0 Å². The van der Waals surface area contributed by atoms with Crippen LogP contribution in [0.1, 0.15) is 12.0 Å². The topological polar surface area (TPSA) is 0 Å². The minimum absolute atomic E-state index is 0.0502. The summed E-state index contributed by atoms with van der Waals surface area (Å²) in [5.74, 6) is 0. The summed E-state index contributed by atoms with van der Waals surface area (Å²) >= 11 is 11.2. The van der Waals surface area contributed by atoms with Crippen LogP contribution in [0.25, 0.3) is 10.1 Å². The van der Waals surface area contributed by atoms with Gasteiger partial charge < -0.3 is 0 Å². The molecule has 0 saturated heterocycles. The summed E-state index contributed by atoms with van der Waals surface area (Å²) in [5.41, 5.74) is -0.115. The van der Waals surface area contributed by atoms with E-state index in [-0.39, 0.29) is 10.6 Å². The predicted octanol–water partition coefficient (Wildman–Crippen LogP) is 4.78. The van der Waals surface area contributed by atoms with Crippen LogP contribution < -0.4 is 0 Å². The Bertz CT molecular complexity index is 479. The first-order valence-electron chi connectivity index (χ1n) is 3.78. The first-order valence-corrected chi connectivity index (χ1v) is 5.48. The number of thiophene rings is 1. The number of benzene rings is 1. The van der Waals surface area contributed by atoms with E-state index in [1.54, 1.807) is 17.5 Å². The van der Waals surface area contributed by atoms with E-state index in [1.165, 1.54) is 11.3 Å². The summed E-state index contributed by atoms with van der Waals surface area (Å²) < 4.78 is 26.2. The van der Waals surface area contributed by atoms with Crippen LogP contribution in [0.15, 0.2) is 22.4 Å². The zero-order valence-corrected chi connectivity index (χ0v) is 9.27. The lowest BCUT2D eigenvalue weighted by Gasteiger charge is -2.07. The maximum Gasteiger partial charge on any atom is 0.265 e. The molecule has 2 aromatic rings. The van der Waals surface area contributed by atoms with E-state index < -0.39 is 6.43 Å². The third kappa shape index (κ3) is 1.51. The SMILES string of the molecule is FC(F)c1c(Cl)c(S)cc2sccc12. The van der Waals surface area contributed by atoms with Gasteiger partial charge in [-0.3, -0.25) is 0 Å². The number of hydrogen-bond acceptors (Lipinski definition) is 2. The van der Waals surface area contributed by atoms with Crippen LogP contribution in [0.5, 0.6) is 0 Å². The van der Waals surface area contributed by atoms with Gasteiger partial charge in [-0.25, -0.2) is 8.78 Å². The lowest BCUT2D eigenvalue weighted by Crippen LogP contribution is -1.88. The Morgan fingerprint density at radius 2 is 2.14 bits per heavy atom. The zero-order valence-electron chi connectivity index (χ0n) is 6.80. The minimum atomic E-state index is -2.56. The van der Waals surface area contributed by atoms with Crippen LogP contribution in [0.2, 0.25) is 5.02 Å². The molecule has 0 bridgehead atoms. The summed E-state index contributed by atoms with van der Waals surface area (Å²) in [5, 5.41) is 2.34. The second kappa shape index (κ2) is 3.68. The Hall–Kier alpha value is -0.320. The standard InChI is InChI=1S/C9H5ClF2S2/c10-8-5(13)3-6-4(1-2-14-6)7(8)9(11)12/h1-3,9,13H. The number of hydrogen-bond donors (Lipinski definition) is 1. The summed E-state index contributed by atoms with van der Waals surface area (Å²) in [6.07, 6.45) is -2.56. The molecule has 0 radical (unpaired) electrons. The highest BCUT2D eigenvalue weighted by Gasteiger charge is 2.18. The van der Waals surface area contributed by atoms with Gasteiger partial charge in [0, 0.05) is 20.5 Å². The first kappa shape index (κ1) is 10.2. The molecule has 0 aliphatic rings. The van der Waals surface area contributed by atoms with Gasteiger partial charge in [0.2, 0.25) is 0 Å². The average Bonchev–Trinajstić information content (AvgIpc) is 2.52. The third-order valence-corrected chi connectivity index (χ3v) is 3.69. The fourth-order valence-electron chi connectivity index (χ4n) is 1.31. The van der Waals surface area contributed by atoms with Gasteiger partial charge >= 0.3 is 0 Å². The smallest absolute Gasteiger partial charge is 0.205 e. The molecular weight excluding hydrogens is 246 g/mol. The maximum absolute atomic E-state index is 12.7. The highest BCUT2D eigenvalue weighted by atomic mass is 35.5. The molecule has 0 saturated carbocycles. The van der Waals surface area contributed by atoms with Crippen molar-refractivity contribution in [1.29, 1.82) is 0 Å². The van der Waals surface area contributed by atoms with Gasteiger partial charge in [-0.15, -0.1) is 24.0 Å². The fourth-order valence-corrected chi connectivity index (χ4v) is 2.73. The molecule has 1 aromatic heterocycles. The van der Waals surface area contributed by atoms with Crippen molar-refractivity contribution >= 4 is 45.7 Å². The van der Waals surface area contributed by atoms with Crippen molar-refractivity contribution in [1.82, 2.24) is 0 Å². The van der Waals surface area contributed by atoms with E-state index in [4.69, 9.17) is 11.6 Å². The van der Waals surface area contributed by atoms with Gasteiger partial charge in [0.25, 0.3) is 6.43 Å². The lowest BCUT2D eigenvalue weighted by molar-refractivity contribution is 0.153. The van der Waals surface area contributed by atoms with Gasteiger partial charge in [-0.05, 0) is 17.5 Å². The molecule has 5 heteroatoms. The number of fused-ring (bicyclic) bond motifs is 1. The van der Waals surface area contributed by atoms with Crippen LogP contribution in [-0.2, 0) is 0 Å². The number of halogens is 3. The first-order chi connectivity index (χ1) is 6.61. The van der Waals surface area contributed by atoms with Gasteiger partial charge in [-0.2, -0.15) is 0 Å². The molecule has 0 aliphatic carbocycles. The molecule has 0 aliphatic heterocycles. The van der Waals surface area contributed by atoms with Crippen molar-refractivity contribution in [3.63, 3.8) is 0 Å². The van der Waals surface area contributed by atoms with Crippen molar-refractivity contribution in [2.45, 2.75) is 11.3 Å². The molecule has 0 N–H and O–H groups in total. The van der Waals surface area contributed by atoms with E-state index >= 15 is 0 Å². The summed E-state index contributed by atoms with van der Waals surface area (Å²) in [7, 11) is 0. The van der Waals surface area contributed by atoms with Crippen molar-refractivity contribution in [3.05, 3.63) is 28.1 Å². The number of rotatable bonds is 1. The van der Waals surface area contributed by atoms with Crippen LogP contribution in [0.3, 0.4) is 0 Å². The second-order valence-corrected chi connectivity index (χ2v) is 4.56. The van der Waals surface area contributed by atoms with E-state index in [2.05, 4.69) is 12.6 Å². The molecule has 0 atom stereocenters. The summed E-state index contributed by atoms with van der Waals surface area (Å²) in [6.45, 7) is 0. The lowest BCUT2D eigenvalue weighted by atomic mass is 10.1. The minimum Gasteiger partial charge on any atom is -0.205 e. The Kier molecular flexibility index (Phi) is 2.68. The Morgan fingerprint density at radius 3 is 2.79 bits per heavy atom. The van der Waals surface area contributed by atoms with Crippen molar-refractivity contribution < 1.29 is 8.78 Å².